The van der Waals surface area contributed by atoms with Crippen molar-refractivity contribution >= 4 is 27.5 Å². The van der Waals surface area contributed by atoms with Gasteiger partial charge in [0.05, 0.1) is 7.11 Å². The predicted molar refractivity (Wildman–Crippen MR) is 142 cm³/mol. The number of benzene rings is 3. The molecule has 3 heterocycles. The van der Waals surface area contributed by atoms with Crippen molar-refractivity contribution < 1.29 is 14.2 Å². The van der Waals surface area contributed by atoms with Gasteiger partial charge in [0.15, 0.2) is 5.82 Å². The third-order valence-electron chi connectivity index (χ3n) is 6.83. The van der Waals surface area contributed by atoms with Gasteiger partial charge in [0.1, 0.15) is 17.1 Å². The number of likely N-dealkylation sites (tertiary alicyclic amines) is 1. The van der Waals surface area contributed by atoms with Crippen LogP contribution in [0.1, 0.15) is 12.8 Å². The first kappa shape index (κ1) is 24.2. The summed E-state index contributed by atoms with van der Waals surface area (Å²) in [6.07, 6.45) is 2.83. The number of methoxy groups -OCH3 is 1. The lowest BCUT2D eigenvalue weighted by atomic mass is 9.96. The maximum absolute atomic E-state index is 15.8. The second-order valence-corrected chi connectivity index (χ2v) is 9.32. The number of halogens is 1. The fourth-order valence-corrected chi connectivity index (χ4v) is 4.94. The van der Waals surface area contributed by atoms with E-state index in [4.69, 9.17) is 4.74 Å². The van der Waals surface area contributed by atoms with Crippen LogP contribution in [0.3, 0.4) is 0 Å². The summed E-state index contributed by atoms with van der Waals surface area (Å²) in [4.78, 5) is 13.3. The van der Waals surface area contributed by atoms with Crippen molar-refractivity contribution in [3.8, 4) is 22.9 Å². The van der Waals surface area contributed by atoms with E-state index in [0.717, 1.165) is 37.0 Å². The molecule has 0 radical (unpaired) electrons. The minimum Gasteiger partial charge on any atom is -0.508 e. The van der Waals surface area contributed by atoms with Crippen LogP contribution in [0.25, 0.3) is 32.8 Å². The third-order valence-corrected chi connectivity index (χ3v) is 6.83. The van der Waals surface area contributed by atoms with Gasteiger partial charge >= 0.3 is 6.01 Å². The van der Waals surface area contributed by atoms with Crippen LogP contribution < -0.4 is 15.0 Å². The highest BCUT2D eigenvalue weighted by Gasteiger charge is 2.21. The molecule has 0 bridgehead atoms. The summed E-state index contributed by atoms with van der Waals surface area (Å²) in [5.74, 6) is 0.301. The Morgan fingerprint density at radius 2 is 1.67 bits per heavy atom. The van der Waals surface area contributed by atoms with E-state index in [-0.39, 0.29) is 17.3 Å². The highest BCUT2D eigenvalue weighted by Crippen LogP contribution is 2.38. The van der Waals surface area contributed by atoms with Gasteiger partial charge in [-0.2, -0.15) is 9.97 Å². The van der Waals surface area contributed by atoms with Crippen LogP contribution in [0.5, 0.6) is 11.8 Å². The quantitative estimate of drug-likeness (QED) is 0.441. The molecule has 0 saturated carbocycles. The maximum atomic E-state index is 15.8. The highest BCUT2D eigenvalue weighted by atomic mass is 19.1. The molecule has 36 heavy (non-hydrogen) atoms. The van der Waals surface area contributed by atoms with Gasteiger partial charge in [0.2, 0.25) is 0 Å². The molecule has 2 N–H and O–H groups in total. The lowest BCUT2D eigenvalue weighted by Gasteiger charge is -2.29. The largest absolute Gasteiger partial charge is 0.508 e. The lowest BCUT2D eigenvalue weighted by Crippen LogP contribution is -2.44. The summed E-state index contributed by atoms with van der Waals surface area (Å²) in [6.45, 7) is 5.86. The molecule has 2 saturated heterocycles. The Morgan fingerprint density at radius 3 is 2.36 bits per heavy atom. The number of rotatable bonds is 3. The topological polar surface area (TPSA) is 73.8 Å². The molecule has 0 aliphatic carbocycles. The molecule has 0 amide bonds. The normalized spacial score (nSPS) is 16.2. The number of anilines is 1. The van der Waals surface area contributed by atoms with Gasteiger partial charge in [-0.05, 0) is 67.5 Å². The number of piperazine rings is 1. The summed E-state index contributed by atoms with van der Waals surface area (Å²) in [6, 6.07) is 14.6. The SMILES string of the molecule is CN1CCCC1.COc1nc(N2CCNCC2)c2ccc(-c3cc(O)cc4ccccc34)c(F)c2n1. The molecule has 2 fully saturated rings. The van der Waals surface area contributed by atoms with E-state index >= 15 is 4.39 Å². The number of hydrogen-bond acceptors (Lipinski definition) is 7. The standard InChI is InChI=1S/C23H21FN4O2.C5H11N/c1-30-23-26-21-18(22(27-23)28-10-8-25-9-11-28)7-6-17(20(21)24)19-13-15(29)12-14-4-2-3-5-16(14)19;1-6-4-2-3-5-6/h2-7,12-13,25,29H,8-11H2,1H3;2-5H2,1H3. The third kappa shape index (κ3) is 4.92. The minimum absolute atomic E-state index is 0.0879. The summed E-state index contributed by atoms with van der Waals surface area (Å²) >= 11 is 0. The van der Waals surface area contributed by atoms with Crippen LogP contribution in [-0.2, 0) is 0 Å². The second-order valence-electron chi connectivity index (χ2n) is 9.32. The maximum Gasteiger partial charge on any atom is 0.318 e. The van der Waals surface area contributed by atoms with Crippen molar-refractivity contribution in [3.63, 3.8) is 0 Å². The predicted octanol–water partition coefficient (Wildman–Crippen LogP) is 4.42. The molecule has 6 rings (SSSR count). The fraction of sp³-hybridized carbons (Fsp3) is 0.357. The van der Waals surface area contributed by atoms with E-state index in [2.05, 4.69) is 32.1 Å². The Balaban J connectivity index is 0.000000391. The summed E-state index contributed by atoms with van der Waals surface area (Å²) < 4.78 is 21.1. The van der Waals surface area contributed by atoms with Crippen molar-refractivity contribution in [2.45, 2.75) is 12.8 Å². The van der Waals surface area contributed by atoms with E-state index in [1.165, 1.54) is 33.0 Å². The van der Waals surface area contributed by atoms with Gasteiger partial charge in [-0.1, -0.05) is 30.3 Å². The number of hydrogen-bond donors (Lipinski definition) is 2. The van der Waals surface area contributed by atoms with Crippen LogP contribution in [-0.4, -0.2) is 73.4 Å². The average Bonchev–Trinajstić information content (AvgIpc) is 3.39. The van der Waals surface area contributed by atoms with Crippen LogP contribution in [0.4, 0.5) is 10.2 Å². The number of aromatic nitrogens is 2. The minimum atomic E-state index is -0.458. The molecular formula is C28H32FN5O2. The average molecular weight is 490 g/mol. The molecule has 4 aromatic rings. The summed E-state index contributed by atoms with van der Waals surface area (Å²) in [5.41, 5.74) is 1.20. The van der Waals surface area contributed by atoms with Crippen LogP contribution in [0, 0.1) is 5.82 Å². The number of aromatic hydroxyl groups is 1. The number of nitrogens with one attached hydrogen (secondary N) is 1. The Kier molecular flexibility index (Phi) is 7.16. The van der Waals surface area contributed by atoms with E-state index in [9.17, 15) is 5.11 Å². The first-order valence-corrected chi connectivity index (χ1v) is 12.5. The number of fused-ring (bicyclic) bond motifs is 2. The van der Waals surface area contributed by atoms with Gasteiger partial charge in [0.25, 0.3) is 0 Å². The van der Waals surface area contributed by atoms with Gasteiger partial charge in [-0.3, -0.25) is 0 Å². The zero-order valence-electron chi connectivity index (χ0n) is 20.8. The summed E-state index contributed by atoms with van der Waals surface area (Å²) in [7, 11) is 3.65. The van der Waals surface area contributed by atoms with E-state index in [1.807, 2.05) is 30.3 Å². The van der Waals surface area contributed by atoms with Gasteiger partial charge < -0.3 is 25.0 Å². The van der Waals surface area contributed by atoms with Gasteiger partial charge in [-0.25, -0.2) is 4.39 Å². The van der Waals surface area contributed by atoms with Crippen LogP contribution in [0.2, 0.25) is 0 Å². The zero-order chi connectivity index (χ0) is 25.1. The molecule has 2 aliphatic heterocycles. The van der Waals surface area contributed by atoms with Crippen molar-refractivity contribution in [1.82, 2.24) is 20.2 Å². The Morgan fingerprint density at radius 1 is 0.917 bits per heavy atom. The molecule has 7 nitrogen and oxygen atoms in total. The molecule has 8 heteroatoms. The van der Waals surface area contributed by atoms with E-state index in [0.29, 0.717) is 22.3 Å². The zero-order valence-corrected chi connectivity index (χ0v) is 20.8. The van der Waals surface area contributed by atoms with E-state index < -0.39 is 5.82 Å². The van der Waals surface area contributed by atoms with Gasteiger partial charge in [-0.15, -0.1) is 0 Å². The second kappa shape index (κ2) is 10.6. The monoisotopic (exact) mass is 489 g/mol. The summed E-state index contributed by atoms with van der Waals surface area (Å²) in [5, 5.41) is 15.8. The number of phenols is 1. The first-order valence-electron chi connectivity index (χ1n) is 12.5. The molecular weight excluding hydrogens is 457 g/mol. The highest BCUT2D eigenvalue weighted by molar-refractivity contribution is 6.01. The smallest absolute Gasteiger partial charge is 0.318 e. The molecule has 0 spiro atoms. The first-order chi connectivity index (χ1) is 17.5. The Bertz CT molecular complexity index is 1370. The number of ether oxygens (including phenoxy) is 1. The van der Waals surface area contributed by atoms with Crippen LogP contribution in [0.15, 0.2) is 48.5 Å². The molecule has 3 aromatic carbocycles. The van der Waals surface area contributed by atoms with Crippen molar-refractivity contribution in [2.24, 2.45) is 0 Å². The fourth-order valence-electron chi connectivity index (χ4n) is 4.94. The van der Waals surface area contributed by atoms with Crippen molar-refractivity contribution in [3.05, 3.63) is 54.3 Å². The molecule has 1 aromatic heterocycles. The molecule has 188 valence electrons. The molecule has 2 aliphatic rings. The van der Waals surface area contributed by atoms with Crippen LogP contribution >= 0.6 is 0 Å². The molecule has 0 atom stereocenters. The van der Waals surface area contributed by atoms with Gasteiger partial charge in [0, 0.05) is 37.1 Å². The number of nitrogens with zero attached hydrogens (tertiary/aromatic N) is 4. The Hall–Kier alpha value is -3.49. The Labute approximate surface area is 210 Å². The van der Waals surface area contributed by atoms with E-state index in [1.54, 1.807) is 18.2 Å². The lowest BCUT2D eigenvalue weighted by molar-refractivity contribution is 0.381. The number of phenolic OH excluding ortho intramolecular Hbond substituents is 1. The van der Waals surface area contributed by atoms with Crippen molar-refractivity contribution in [2.75, 3.05) is 58.3 Å². The molecule has 0 unspecified atom stereocenters. The van der Waals surface area contributed by atoms with Crippen molar-refractivity contribution in [1.29, 1.82) is 0 Å².